The molecule has 2 fully saturated rings. The number of ether oxygens (including phenoxy) is 1. The van der Waals surface area contributed by atoms with Gasteiger partial charge in [0.15, 0.2) is 0 Å². The molecule has 1 aromatic carbocycles. The second-order valence-electron chi connectivity index (χ2n) is 6.37. The maximum Gasteiger partial charge on any atom is 0.0495 e. The third-order valence-corrected chi connectivity index (χ3v) is 4.93. The molecule has 0 radical (unpaired) electrons. The molecule has 2 nitrogen and oxygen atoms in total. The summed E-state index contributed by atoms with van der Waals surface area (Å²) in [5.74, 6) is 1.55. The molecule has 1 N–H and O–H groups in total. The average Bonchev–Trinajstić information content (AvgIpc) is 2.90. The third kappa shape index (κ3) is 3.24. The zero-order valence-corrected chi connectivity index (χ0v) is 12.6. The van der Waals surface area contributed by atoms with Gasteiger partial charge in [-0.15, -0.1) is 0 Å². The van der Waals surface area contributed by atoms with Gasteiger partial charge in [-0.05, 0) is 55.2 Å². The van der Waals surface area contributed by atoms with E-state index in [0.717, 1.165) is 31.6 Å². The second kappa shape index (κ2) is 6.73. The van der Waals surface area contributed by atoms with E-state index in [2.05, 4.69) is 36.5 Å². The topological polar surface area (TPSA) is 21.3 Å². The lowest BCUT2D eigenvalue weighted by Crippen LogP contribution is -2.24. The Labute approximate surface area is 122 Å². The van der Waals surface area contributed by atoms with Crippen molar-refractivity contribution in [2.45, 2.75) is 51.0 Å². The van der Waals surface area contributed by atoms with Crippen molar-refractivity contribution in [1.82, 2.24) is 5.32 Å². The SMILES string of the molecule is CCNC(CC1CCOC1)c1cccc(C2CCC2)c1. The fraction of sp³-hybridized carbons (Fsp3) is 0.667. The molecule has 1 saturated carbocycles. The first kappa shape index (κ1) is 14.1. The lowest BCUT2D eigenvalue weighted by molar-refractivity contribution is 0.181. The lowest BCUT2D eigenvalue weighted by atomic mass is 9.79. The molecule has 2 atom stereocenters. The number of hydrogen-bond acceptors (Lipinski definition) is 2. The molecule has 1 aliphatic heterocycles. The molecule has 1 saturated heterocycles. The highest BCUT2D eigenvalue weighted by atomic mass is 16.5. The Hall–Kier alpha value is -0.860. The average molecular weight is 273 g/mol. The van der Waals surface area contributed by atoms with Gasteiger partial charge in [-0.1, -0.05) is 37.6 Å². The number of benzene rings is 1. The van der Waals surface area contributed by atoms with Crippen LogP contribution in [0.3, 0.4) is 0 Å². The van der Waals surface area contributed by atoms with Crippen LogP contribution in [0, 0.1) is 5.92 Å². The van der Waals surface area contributed by atoms with Crippen LogP contribution in [0.15, 0.2) is 24.3 Å². The Morgan fingerprint density at radius 3 is 2.85 bits per heavy atom. The molecule has 2 heteroatoms. The fourth-order valence-electron chi connectivity index (χ4n) is 3.46. The van der Waals surface area contributed by atoms with Crippen LogP contribution in [-0.4, -0.2) is 19.8 Å². The predicted octanol–water partition coefficient (Wildman–Crippen LogP) is 4.03. The van der Waals surface area contributed by atoms with E-state index in [1.807, 2.05) is 0 Å². The summed E-state index contributed by atoms with van der Waals surface area (Å²) < 4.78 is 5.53. The van der Waals surface area contributed by atoms with Crippen LogP contribution in [0.5, 0.6) is 0 Å². The summed E-state index contributed by atoms with van der Waals surface area (Å²) in [6.07, 6.45) is 6.61. The molecule has 2 unspecified atom stereocenters. The van der Waals surface area contributed by atoms with Crippen molar-refractivity contribution >= 4 is 0 Å². The lowest BCUT2D eigenvalue weighted by Gasteiger charge is -2.28. The first-order valence-corrected chi connectivity index (χ1v) is 8.27. The molecule has 1 aliphatic carbocycles. The summed E-state index contributed by atoms with van der Waals surface area (Å²) >= 11 is 0. The second-order valence-corrected chi connectivity index (χ2v) is 6.37. The maximum atomic E-state index is 5.53. The van der Waals surface area contributed by atoms with E-state index in [9.17, 15) is 0 Å². The summed E-state index contributed by atoms with van der Waals surface area (Å²) in [6, 6.07) is 9.80. The van der Waals surface area contributed by atoms with Gasteiger partial charge in [0.05, 0.1) is 0 Å². The summed E-state index contributed by atoms with van der Waals surface area (Å²) in [5.41, 5.74) is 3.03. The minimum absolute atomic E-state index is 0.492. The first-order valence-electron chi connectivity index (χ1n) is 8.27. The molecule has 3 rings (SSSR count). The van der Waals surface area contributed by atoms with Crippen LogP contribution >= 0.6 is 0 Å². The van der Waals surface area contributed by atoms with Crippen molar-refractivity contribution in [3.63, 3.8) is 0 Å². The van der Waals surface area contributed by atoms with E-state index < -0.39 is 0 Å². The molecule has 110 valence electrons. The molecule has 1 heterocycles. The molecule has 2 aliphatic rings. The van der Waals surface area contributed by atoms with Gasteiger partial charge >= 0.3 is 0 Å². The van der Waals surface area contributed by atoms with E-state index in [0.29, 0.717) is 6.04 Å². The third-order valence-electron chi connectivity index (χ3n) is 4.93. The van der Waals surface area contributed by atoms with Gasteiger partial charge in [0, 0.05) is 19.3 Å². The molecular weight excluding hydrogens is 246 g/mol. The van der Waals surface area contributed by atoms with Gasteiger partial charge in [-0.2, -0.15) is 0 Å². The van der Waals surface area contributed by atoms with Crippen molar-refractivity contribution < 1.29 is 4.74 Å². The van der Waals surface area contributed by atoms with E-state index in [4.69, 9.17) is 4.74 Å². The number of rotatable bonds is 6. The van der Waals surface area contributed by atoms with Crippen molar-refractivity contribution in [2.24, 2.45) is 5.92 Å². The Morgan fingerprint density at radius 1 is 1.30 bits per heavy atom. The number of hydrogen-bond donors (Lipinski definition) is 1. The van der Waals surface area contributed by atoms with Crippen LogP contribution in [-0.2, 0) is 4.74 Å². The minimum Gasteiger partial charge on any atom is -0.381 e. The van der Waals surface area contributed by atoms with Crippen molar-refractivity contribution in [1.29, 1.82) is 0 Å². The largest absolute Gasteiger partial charge is 0.381 e. The first-order chi connectivity index (χ1) is 9.86. The molecule has 20 heavy (non-hydrogen) atoms. The maximum absolute atomic E-state index is 5.53. The van der Waals surface area contributed by atoms with Gasteiger partial charge in [-0.25, -0.2) is 0 Å². The van der Waals surface area contributed by atoms with Gasteiger partial charge in [-0.3, -0.25) is 0 Å². The van der Waals surface area contributed by atoms with Crippen molar-refractivity contribution in [3.05, 3.63) is 35.4 Å². The molecule has 0 bridgehead atoms. The Morgan fingerprint density at radius 2 is 2.20 bits per heavy atom. The van der Waals surface area contributed by atoms with Crippen LogP contribution in [0.25, 0.3) is 0 Å². The number of nitrogens with one attached hydrogen (secondary N) is 1. The normalized spacial score (nSPS) is 24.6. The Balaban J connectivity index is 1.71. The van der Waals surface area contributed by atoms with Crippen molar-refractivity contribution in [2.75, 3.05) is 19.8 Å². The minimum atomic E-state index is 0.492. The fourth-order valence-corrected chi connectivity index (χ4v) is 3.46. The van der Waals surface area contributed by atoms with Gasteiger partial charge in [0.25, 0.3) is 0 Å². The monoisotopic (exact) mass is 273 g/mol. The molecule has 0 amide bonds. The van der Waals surface area contributed by atoms with Crippen LogP contribution < -0.4 is 5.32 Å². The zero-order chi connectivity index (χ0) is 13.8. The Bertz CT molecular complexity index is 421. The van der Waals surface area contributed by atoms with E-state index >= 15 is 0 Å². The predicted molar refractivity (Wildman–Crippen MR) is 83.0 cm³/mol. The quantitative estimate of drug-likeness (QED) is 0.845. The van der Waals surface area contributed by atoms with E-state index in [1.54, 1.807) is 5.56 Å². The van der Waals surface area contributed by atoms with E-state index in [-0.39, 0.29) is 0 Å². The molecule has 0 spiro atoms. The van der Waals surface area contributed by atoms with Crippen molar-refractivity contribution in [3.8, 4) is 0 Å². The molecule has 1 aromatic rings. The van der Waals surface area contributed by atoms with Crippen LogP contribution in [0.4, 0.5) is 0 Å². The summed E-state index contributed by atoms with van der Waals surface area (Å²) in [4.78, 5) is 0. The highest BCUT2D eigenvalue weighted by Crippen LogP contribution is 2.37. The molecular formula is C18H27NO. The smallest absolute Gasteiger partial charge is 0.0495 e. The van der Waals surface area contributed by atoms with E-state index in [1.165, 1.54) is 37.7 Å². The highest BCUT2D eigenvalue weighted by molar-refractivity contribution is 5.29. The van der Waals surface area contributed by atoms with Crippen LogP contribution in [0.1, 0.15) is 62.1 Å². The summed E-state index contributed by atoms with van der Waals surface area (Å²) in [7, 11) is 0. The standard InChI is InChI=1S/C18H27NO/c1-2-19-18(11-14-9-10-20-13-14)17-8-4-7-16(12-17)15-5-3-6-15/h4,7-8,12,14-15,18-19H,2-3,5-6,9-11,13H2,1H3. The summed E-state index contributed by atoms with van der Waals surface area (Å²) in [5, 5.41) is 3.67. The van der Waals surface area contributed by atoms with Gasteiger partial charge in [0.1, 0.15) is 0 Å². The van der Waals surface area contributed by atoms with Gasteiger partial charge in [0.2, 0.25) is 0 Å². The Kier molecular flexibility index (Phi) is 4.74. The summed E-state index contributed by atoms with van der Waals surface area (Å²) in [6.45, 7) is 5.13. The zero-order valence-electron chi connectivity index (χ0n) is 12.6. The highest BCUT2D eigenvalue weighted by Gasteiger charge is 2.23. The van der Waals surface area contributed by atoms with Gasteiger partial charge < -0.3 is 10.1 Å². The molecule has 0 aromatic heterocycles. The van der Waals surface area contributed by atoms with Crippen LogP contribution in [0.2, 0.25) is 0 Å².